The maximum atomic E-state index is 11.4. The van der Waals surface area contributed by atoms with Crippen molar-refractivity contribution < 1.29 is 15.0 Å². The summed E-state index contributed by atoms with van der Waals surface area (Å²) in [5, 5.41) is 21.1. The van der Waals surface area contributed by atoms with Gasteiger partial charge < -0.3 is 15.5 Å². The van der Waals surface area contributed by atoms with E-state index in [4.69, 9.17) is 5.11 Å². The van der Waals surface area contributed by atoms with Crippen LogP contribution < -0.4 is 5.32 Å². The van der Waals surface area contributed by atoms with Crippen LogP contribution in [0.3, 0.4) is 0 Å². The molecule has 4 nitrogen and oxygen atoms in total. The van der Waals surface area contributed by atoms with Gasteiger partial charge in [0.25, 0.3) is 0 Å². The molecule has 0 fully saturated rings. The molecule has 26 heavy (non-hydrogen) atoms. The van der Waals surface area contributed by atoms with Gasteiger partial charge in [-0.25, -0.2) is 0 Å². The summed E-state index contributed by atoms with van der Waals surface area (Å²) in [5.41, 5.74) is 0. The Morgan fingerprint density at radius 2 is 1.23 bits per heavy atom. The molecule has 0 saturated carbocycles. The minimum atomic E-state index is -0.368. The van der Waals surface area contributed by atoms with Crippen molar-refractivity contribution >= 4 is 5.91 Å². The van der Waals surface area contributed by atoms with Crippen molar-refractivity contribution in [2.45, 2.75) is 122 Å². The minimum absolute atomic E-state index is 0.0344. The second-order valence-corrected chi connectivity index (χ2v) is 7.65. The van der Waals surface area contributed by atoms with Crippen LogP contribution in [-0.2, 0) is 4.79 Å². The van der Waals surface area contributed by atoms with Crippen molar-refractivity contribution in [1.29, 1.82) is 0 Å². The number of unbranched alkanes of at least 4 members (excludes halogenated alkanes) is 13. The third kappa shape index (κ3) is 19.7. The van der Waals surface area contributed by atoms with Crippen molar-refractivity contribution in [2.24, 2.45) is 0 Å². The molecule has 0 spiro atoms. The zero-order valence-corrected chi connectivity index (χ0v) is 17.3. The lowest BCUT2D eigenvalue weighted by Crippen LogP contribution is -2.27. The Morgan fingerprint density at radius 1 is 0.769 bits per heavy atom. The number of carbonyl (C=O) groups is 1. The van der Waals surface area contributed by atoms with Crippen LogP contribution in [0.2, 0.25) is 0 Å². The number of aliphatic hydroxyl groups excluding tert-OH is 2. The highest BCUT2D eigenvalue weighted by Crippen LogP contribution is 2.14. The predicted molar refractivity (Wildman–Crippen MR) is 110 cm³/mol. The molecule has 0 aromatic rings. The molecule has 3 N–H and O–H groups in total. The van der Waals surface area contributed by atoms with Gasteiger partial charge in [-0.2, -0.15) is 0 Å². The number of rotatable bonds is 20. The number of hydrogen-bond acceptors (Lipinski definition) is 3. The van der Waals surface area contributed by atoms with Gasteiger partial charge in [0.2, 0.25) is 5.91 Å². The molecule has 0 aliphatic heterocycles. The number of nitrogens with one attached hydrogen (secondary N) is 1. The van der Waals surface area contributed by atoms with Crippen LogP contribution in [0.5, 0.6) is 0 Å². The standard InChI is InChI=1S/C22H45NO3/c1-2-3-4-5-6-7-8-9-10-11-12-13-14-15-16-21(25)17-18-22(26)23-19-20-24/h21,24-25H,2-20H2,1H3,(H,23,26). The second kappa shape index (κ2) is 20.7. The Balaban J connectivity index is 3.19. The summed E-state index contributed by atoms with van der Waals surface area (Å²) in [6.45, 7) is 2.53. The molecule has 0 rings (SSSR count). The van der Waals surface area contributed by atoms with E-state index in [9.17, 15) is 9.90 Å². The Morgan fingerprint density at radius 3 is 1.69 bits per heavy atom. The van der Waals surface area contributed by atoms with E-state index in [-0.39, 0.29) is 18.6 Å². The van der Waals surface area contributed by atoms with E-state index in [1.807, 2.05) is 0 Å². The van der Waals surface area contributed by atoms with Crippen molar-refractivity contribution in [2.75, 3.05) is 13.2 Å². The van der Waals surface area contributed by atoms with E-state index in [0.717, 1.165) is 12.8 Å². The fourth-order valence-corrected chi connectivity index (χ4v) is 3.30. The van der Waals surface area contributed by atoms with Crippen molar-refractivity contribution in [1.82, 2.24) is 5.32 Å². The summed E-state index contributed by atoms with van der Waals surface area (Å²) in [6.07, 6.45) is 20.1. The first-order valence-electron chi connectivity index (χ1n) is 11.3. The molecule has 1 unspecified atom stereocenters. The maximum absolute atomic E-state index is 11.4. The molecule has 156 valence electrons. The van der Waals surface area contributed by atoms with Gasteiger partial charge in [-0.3, -0.25) is 4.79 Å². The molecule has 0 aromatic heterocycles. The lowest BCUT2D eigenvalue weighted by atomic mass is 10.0. The molecule has 0 aromatic carbocycles. The lowest BCUT2D eigenvalue weighted by Gasteiger charge is -2.10. The Bertz CT molecular complexity index is 297. The van der Waals surface area contributed by atoms with Gasteiger partial charge in [0.05, 0.1) is 12.7 Å². The van der Waals surface area contributed by atoms with Crippen LogP contribution in [0.25, 0.3) is 0 Å². The van der Waals surface area contributed by atoms with Crippen LogP contribution >= 0.6 is 0 Å². The topological polar surface area (TPSA) is 69.6 Å². The van der Waals surface area contributed by atoms with E-state index >= 15 is 0 Å². The number of carbonyl (C=O) groups excluding carboxylic acids is 1. The average molecular weight is 372 g/mol. The fourth-order valence-electron chi connectivity index (χ4n) is 3.30. The molecule has 0 heterocycles. The number of aliphatic hydroxyl groups is 2. The molecular formula is C22H45NO3. The van der Waals surface area contributed by atoms with Crippen LogP contribution in [0.15, 0.2) is 0 Å². The van der Waals surface area contributed by atoms with Crippen molar-refractivity contribution in [3.05, 3.63) is 0 Å². The van der Waals surface area contributed by atoms with Crippen LogP contribution in [0, 0.1) is 0 Å². The highest BCUT2D eigenvalue weighted by molar-refractivity contribution is 5.75. The third-order valence-corrected chi connectivity index (χ3v) is 5.03. The molecule has 1 atom stereocenters. The van der Waals surface area contributed by atoms with Gasteiger partial charge in [0.15, 0.2) is 0 Å². The van der Waals surface area contributed by atoms with E-state index in [1.54, 1.807) is 0 Å². The highest BCUT2D eigenvalue weighted by atomic mass is 16.3. The van der Waals surface area contributed by atoms with Gasteiger partial charge in [-0.05, 0) is 12.8 Å². The molecular weight excluding hydrogens is 326 g/mol. The first kappa shape index (κ1) is 25.4. The monoisotopic (exact) mass is 371 g/mol. The summed E-state index contributed by atoms with van der Waals surface area (Å²) in [4.78, 5) is 11.4. The normalized spacial score (nSPS) is 12.3. The lowest BCUT2D eigenvalue weighted by molar-refractivity contribution is -0.121. The molecule has 1 amide bonds. The number of hydrogen-bond donors (Lipinski definition) is 3. The van der Waals surface area contributed by atoms with Gasteiger partial charge in [-0.15, -0.1) is 0 Å². The van der Waals surface area contributed by atoms with Gasteiger partial charge >= 0.3 is 0 Å². The molecule has 0 bridgehead atoms. The summed E-state index contributed by atoms with van der Waals surface area (Å²) >= 11 is 0. The zero-order chi connectivity index (χ0) is 19.3. The second-order valence-electron chi connectivity index (χ2n) is 7.65. The largest absolute Gasteiger partial charge is 0.395 e. The summed E-state index contributed by atoms with van der Waals surface area (Å²) in [5.74, 6) is -0.0842. The molecule has 0 aliphatic carbocycles. The smallest absolute Gasteiger partial charge is 0.220 e. The highest BCUT2D eigenvalue weighted by Gasteiger charge is 2.07. The van der Waals surface area contributed by atoms with Gasteiger partial charge in [0, 0.05) is 13.0 Å². The van der Waals surface area contributed by atoms with E-state index in [2.05, 4.69) is 12.2 Å². The Kier molecular flexibility index (Phi) is 20.2. The van der Waals surface area contributed by atoms with E-state index < -0.39 is 0 Å². The fraction of sp³-hybridized carbons (Fsp3) is 0.955. The summed E-state index contributed by atoms with van der Waals surface area (Å²) in [7, 11) is 0. The molecule has 0 aliphatic rings. The Hall–Kier alpha value is -0.610. The quantitative estimate of drug-likeness (QED) is 0.261. The maximum Gasteiger partial charge on any atom is 0.220 e. The van der Waals surface area contributed by atoms with Crippen molar-refractivity contribution in [3.63, 3.8) is 0 Å². The van der Waals surface area contributed by atoms with Crippen molar-refractivity contribution in [3.8, 4) is 0 Å². The molecule has 0 saturated heterocycles. The van der Waals surface area contributed by atoms with E-state index in [1.165, 1.54) is 83.5 Å². The number of amides is 1. The van der Waals surface area contributed by atoms with E-state index in [0.29, 0.717) is 19.4 Å². The summed E-state index contributed by atoms with van der Waals surface area (Å²) in [6, 6.07) is 0. The average Bonchev–Trinajstić information content (AvgIpc) is 2.64. The SMILES string of the molecule is CCCCCCCCCCCCCCCCC(O)CCC(=O)NCCO. The first-order chi connectivity index (χ1) is 12.7. The minimum Gasteiger partial charge on any atom is -0.395 e. The van der Waals surface area contributed by atoms with Crippen LogP contribution in [0.4, 0.5) is 0 Å². The summed E-state index contributed by atoms with van der Waals surface area (Å²) < 4.78 is 0. The Labute approximate surface area is 162 Å². The van der Waals surface area contributed by atoms with Crippen LogP contribution in [-0.4, -0.2) is 35.4 Å². The van der Waals surface area contributed by atoms with Gasteiger partial charge in [0.1, 0.15) is 0 Å². The first-order valence-corrected chi connectivity index (χ1v) is 11.3. The zero-order valence-electron chi connectivity index (χ0n) is 17.3. The third-order valence-electron chi connectivity index (χ3n) is 5.03. The molecule has 0 radical (unpaired) electrons. The van der Waals surface area contributed by atoms with Crippen LogP contribution in [0.1, 0.15) is 116 Å². The molecule has 4 heteroatoms. The predicted octanol–water partition coefficient (Wildman–Crippen LogP) is 5.11. The van der Waals surface area contributed by atoms with Gasteiger partial charge in [-0.1, -0.05) is 96.8 Å².